The van der Waals surface area contributed by atoms with Gasteiger partial charge in [-0.1, -0.05) is 48.5 Å². The summed E-state index contributed by atoms with van der Waals surface area (Å²) < 4.78 is 11.6. The van der Waals surface area contributed by atoms with E-state index in [4.69, 9.17) is 15.2 Å². The predicted octanol–water partition coefficient (Wildman–Crippen LogP) is 4.29. The number of carbonyl (C=O) groups excluding carboxylic acids is 1. The number of nitrogens with zero attached hydrogens (tertiary/aromatic N) is 1. The first-order chi connectivity index (χ1) is 14.1. The molecule has 0 amide bonds. The quantitative estimate of drug-likeness (QED) is 0.847. The summed E-state index contributed by atoms with van der Waals surface area (Å²) >= 11 is 0. The molecule has 2 aromatic rings. The average Bonchev–Trinajstić information content (AvgIpc) is 2.74. The second-order valence-corrected chi connectivity index (χ2v) is 7.17. The van der Waals surface area contributed by atoms with Crippen LogP contribution in [0.1, 0.15) is 42.7 Å². The van der Waals surface area contributed by atoms with E-state index in [0.29, 0.717) is 36.5 Å². The van der Waals surface area contributed by atoms with Gasteiger partial charge in [0.15, 0.2) is 5.78 Å². The number of hydrogen-bond donors (Lipinski definition) is 1. The SMILES string of the molecule is CCOc1ccccc1[C@H]1C(C#N)=C(N)OC2=C1C(=O)C[C@H](c1ccccc1)C2. The van der Waals surface area contributed by atoms with Crippen molar-refractivity contribution >= 4 is 5.78 Å². The summed E-state index contributed by atoms with van der Waals surface area (Å²) in [5.74, 6) is 0.702. The van der Waals surface area contributed by atoms with Crippen LogP contribution in [-0.4, -0.2) is 12.4 Å². The van der Waals surface area contributed by atoms with Crippen LogP contribution in [0.2, 0.25) is 0 Å². The standard InChI is InChI=1S/C24H22N2O3/c1-2-28-20-11-7-6-10-17(20)22-18(14-25)24(26)29-21-13-16(12-19(27)23(21)22)15-8-4-3-5-9-15/h3-11,16,22H,2,12-13,26H2,1H3/t16-,22-/m0/s1. The molecule has 1 aliphatic carbocycles. The number of benzene rings is 2. The molecule has 4 rings (SSSR count). The lowest BCUT2D eigenvalue weighted by Crippen LogP contribution is -2.30. The van der Waals surface area contributed by atoms with Gasteiger partial charge in [-0.05, 0) is 24.5 Å². The Bertz CT molecular complexity index is 1050. The summed E-state index contributed by atoms with van der Waals surface area (Å²) in [5, 5.41) is 9.78. The van der Waals surface area contributed by atoms with Gasteiger partial charge in [-0.15, -0.1) is 0 Å². The van der Waals surface area contributed by atoms with Gasteiger partial charge in [-0.2, -0.15) is 5.26 Å². The van der Waals surface area contributed by atoms with E-state index in [9.17, 15) is 10.1 Å². The molecule has 0 saturated carbocycles. The van der Waals surface area contributed by atoms with Gasteiger partial charge in [0, 0.05) is 24.0 Å². The zero-order valence-electron chi connectivity index (χ0n) is 16.2. The second kappa shape index (κ2) is 7.84. The first-order valence-corrected chi connectivity index (χ1v) is 9.74. The first kappa shape index (κ1) is 18.8. The molecule has 146 valence electrons. The van der Waals surface area contributed by atoms with Crippen molar-refractivity contribution in [2.45, 2.75) is 31.6 Å². The van der Waals surface area contributed by atoms with E-state index in [1.54, 1.807) is 0 Å². The highest BCUT2D eigenvalue weighted by atomic mass is 16.5. The molecular formula is C24H22N2O3. The second-order valence-electron chi connectivity index (χ2n) is 7.17. The van der Waals surface area contributed by atoms with E-state index < -0.39 is 5.92 Å². The Hall–Kier alpha value is -3.52. The monoisotopic (exact) mass is 386 g/mol. The van der Waals surface area contributed by atoms with E-state index in [-0.39, 0.29) is 23.2 Å². The molecule has 1 aliphatic heterocycles. The fourth-order valence-corrected chi connectivity index (χ4v) is 4.19. The number of rotatable bonds is 4. The number of para-hydroxylation sites is 1. The Labute approximate surface area is 170 Å². The van der Waals surface area contributed by atoms with Crippen molar-refractivity contribution in [3.8, 4) is 11.8 Å². The van der Waals surface area contributed by atoms with Crippen molar-refractivity contribution in [2.75, 3.05) is 6.61 Å². The molecule has 0 unspecified atom stereocenters. The van der Waals surface area contributed by atoms with Gasteiger partial charge < -0.3 is 15.2 Å². The number of nitrogens with two attached hydrogens (primary N) is 1. The van der Waals surface area contributed by atoms with Gasteiger partial charge in [0.2, 0.25) is 5.88 Å². The molecule has 0 saturated heterocycles. The van der Waals surface area contributed by atoms with E-state index in [0.717, 1.165) is 11.1 Å². The first-order valence-electron chi connectivity index (χ1n) is 9.74. The van der Waals surface area contributed by atoms with E-state index in [1.165, 1.54) is 0 Å². The van der Waals surface area contributed by atoms with Crippen LogP contribution in [0.3, 0.4) is 0 Å². The van der Waals surface area contributed by atoms with Crippen LogP contribution < -0.4 is 10.5 Å². The van der Waals surface area contributed by atoms with Crippen molar-refractivity contribution < 1.29 is 14.3 Å². The Morgan fingerprint density at radius 3 is 2.59 bits per heavy atom. The fourth-order valence-electron chi connectivity index (χ4n) is 4.19. The molecule has 2 aromatic carbocycles. The normalized spacial score (nSPS) is 21.3. The lowest BCUT2D eigenvalue weighted by atomic mass is 9.73. The molecule has 2 N–H and O–H groups in total. The Morgan fingerprint density at radius 2 is 1.86 bits per heavy atom. The molecular weight excluding hydrogens is 364 g/mol. The molecule has 29 heavy (non-hydrogen) atoms. The van der Waals surface area contributed by atoms with Gasteiger partial charge in [0.25, 0.3) is 0 Å². The molecule has 2 aliphatic rings. The van der Waals surface area contributed by atoms with Crippen LogP contribution in [0.4, 0.5) is 0 Å². The summed E-state index contributed by atoms with van der Waals surface area (Å²) in [7, 11) is 0. The molecule has 5 nitrogen and oxygen atoms in total. The maximum Gasteiger partial charge on any atom is 0.205 e. The number of Topliss-reactive ketones (excluding diaryl/α,β-unsaturated/α-hetero) is 1. The number of nitriles is 1. The van der Waals surface area contributed by atoms with Crippen LogP contribution in [0.15, 0.2) is 77.4 Å². The number of carbonyl (C=O) groups is 1. The third-order valence-corrected chi connectivity index (χ3v) is 5.46. The largest absolute Gasteiger partial charge is 0.494 e. The lowest BCUT2D eigenvalue weighted by molar-refractivity contribution is -0.117. The van der Waals surface area contributed by atoms with Crippen molar-refractivity contribution in [1.29, 1.82) is 5.26 Å². The Morgan fingerprint density at radius 1 is 1.14 bits per heavy atom. The molecule has 0 bridgehead atoms. The number of ether oxygens (including phenoxy) is 2. The van der Waals surface area contributed by atoms with E-state index in [1.807, 2.05) is 61.5 Å². The van der Waals surface area contributed by atoms with Crippen LogP contribution in [-0.2, 0) is 9.53 Å². The molecule has 0 radical (unpaired) electrons. The van der Waals surface area contributed by atoms with Crippen molar-refractivity contribution in [3.05, 3.63) is 88.5 Å². The smallest absolute Gasteiger partial charge is 0.205 e. The van der Waals surface area contributed by atoms with Crippen molar-refractivity contribution in [1.82, 2.24) is 0 Å². The molecule has 1 heterocycles. The van der Waals surface area contributed by atoms with E-state index >= 15 is 0 Å². The topological polar surface area (TPSA) is 85.3 Å². The van der Waals surface area contributed by atoms with Crippen LogP contribution in [0.5, 0.6) is 5.75 Å². The fraction of sp³-hybridized carbons (Fsp3) is 0.250. The van der Waals surface area contributed by atoms with Gasteiger partial charge in [0.05, 0.1) is 12.5 Å². The van der Waals surface area contributed by atoms with Gasteiger partial charge >= 0.3 is 0 Å². The highest BCUT2D eigenvalue weighted by Crippen LogP contribution is 2.48. The molecule has 5 heteroatoms. The third kappa shape index (κ3) is 3.38. The number of ketones is 1. The number of hydrogen-bond acceptors (Lipinski definition) is 5. The maximum absolute atomic E-state index is 13.3. The average molecular weight is 386 g/mol. The molecule has 0 fully saturated rings. The van der Waals surface area contributed by atoms with Gasteiger partial charge in [0.1, 0.15) is 23.2 Å². The molecule has 2 atom stereocenters. The third-order valence-electron chi connectivity index (χ3n) is 5.46. The van der Waals surface area contributed by atoms with Gasteiger partial charge in [-0.25, -0.2) is 0 Å². The van der Waals surface area contributed by atoms with Crippen molar-refractivity contribution in [3.63, 3.8) is 0 Å². The van der Waals surface area contributed by atoms with Crippen LogP contribution in [0.25, 0.3) is 0 Å². The zero-order chi connectivity index (χ0) is 20.4. The number of allylic oxidation sites excluding steroid dienone is 3. The highest BCUT2D eigenvalue weighted by molar-refractivity contribution is 6.00. The summed E-state index contributed by atoms with van der Waals surface area (Å²) in [6.45, 7) is 2.38. The Balaban J connectivity index is 1.82. The minimum Gasteiger partial charge on any atom is -0.494 e. The van der Waals surface area contributed by atoms with E-state index in [2.05, 4.69) is 6.07 Å². The summed E-state index contributed by atoms with van der Waals surface area (Å²) in [6.07, 6.45) is 0.940. The Kier molecular flexibility index (Phi) is 5.09. The predicted molar refractivity (Wildman–Crippen MR) is 109 cm³/mol. The van der Waals surface area contributed by atoms with Crippen LogP contribution in [0, 0.1) is 11.3 Å². The lowest BCUT2D eigenvalue weighted by Gasteiger charge is -2.34. The summed E-state index contributed by atoms with van der Waals surface area (Å²) in [6, 6.07) is 19.6. The minimum atomic E-state index is -0.573. The summed E-state index contributed by atoms with van der Waals surface area (Å²) in [4.78, 5) is 13.3. The zero-order valence-corrected chi connectivity index (χ0v) is 16.2. The van der Waals surface area contributed by atoms with Crippen molar-refractivity contribution in [2.24, 2.45) is 5.73 Å². The van der Waals surface area contributed by atoms with Crippen LogP contribution >= 0.6 is 0 Å². The molecule has 0 spiro atoms. The molecule has 0 aromatic heterocycles. The maximum atomic E-state index is 13.3. The highest BCUT2D eigenvalue weighted by Gasteiger charge is 2.41. The minimum absolute atomic E-state index is 0.0170. The summed E-state index contributed by atoms with van der Waals surface area (Å²) in [5.41, 5.74) is 8.76. The van der Waals surface area contributed by atoms with Gasteiger partial charge in [-0.3, -0.25) is 4.79 Å².